The molecule has 0 saturated carbocycles. The zero-order chi connectivity index (χ0) is 59.6. The fraction of sp³-hybridized carbons (Fsp3) is 0.900. The van der Waals surface area contributed by atoms with Crippen LogP contribution in [0.5, 0.6) is 0 Å². The van der Waals surface area contributed by atoms with Crippen LogP contribution in [-0.2, 0) is 0 Å². The van der Waals surface area contributed by atoms with E-state index in [1.807, 2.05) is 0 Å². The predicted molar refractivity (Wildman–Crippen MR) is 370 cm³/mol. The van der Waals surface area contributed by atoms with Gasteiger partial charge in [-0.2, -0.15) is 0 Å². The lowest BCUT2D eigenvalue weighted by molar-refractivity contribution is -0.136. The highest BCUT2D eigenvalue weighted by atomic mass is 14.7. The van der Waals surface area contributed by atoms with Crippen molar-refractivity contribution in [2.24, 2.45) is 63.6 Å². The van der Waals surface area contributed by atoms with Crippen molar-refractivity contribution in [2.45, 2.75) is 399 Å². The lowest BCUT2D eigenvalue weighted by Crippen LogP contribution is -2.57. The van der Waals surface area contributed by atoms with Crippen LogP contribution in [0.3, 0.4) is 0 Å². The fourth-order valence-electron chi connectivity index (χ4n) is 16.9. The van der Waals surface area contributed by atoms with Gasteiger partial charge in [0.2, 0.25) is 0 Å². The highest BCUT2D eigenvalue weighted by molar-refractivity contribution is 5.20. The van der Waals surface area contributed by atoms with Crippen LogP contribution in [0.4, 0.5) is 0 Å². The summed E-state index contributed by atoms with van der Waals surface area (Å²) in [6.45, 7) is 42.0. The van der Waals surface area contributed by atoms with Crippen molar-refractivity contribution >= 4 is 0 Å². The molecule has 0 spiro atoms. The Bertz CT molecular complexity index is 1390. The average molecular weight is 1120 g/mol. The van der Waals surface area contributed by atoms with E-state index < -0.39 is 0 Å². The second kappa shape index (κ2) is 52.3. The van der Waals surface area contributed by atoms with E-state index in [-0.39, 0.29) is 16.2 Å². The maximum absolute atomic E-state index is 4.41. The maximum atomic E-state index is 4.41. The van der Waals surface area contributed by atoms with Crippen LogP contribution in [0.15, 0.2) is 49.1 Å². The van der Waals surface area contributed by atoms with Crippen LogP contribution in [0.2, 0.25) is 0 Å². The van der Waals surface area contributed by atoms with Crippen molar-refractivity contribution in [3.8, 4) is 0 Å². The van der Waals surface area contributed by atoms with E-state index in [2.05, 4.69) is 153 Å². The number of hydrogen-bond donors (Lipinski definition) is 0. The number of hydrogen-bond acceptors (Lipinski definition) is 0. The van der Waals surface area contributed by atoms with Gasteiger partial charge in [-0.1, -0.05) is 351 Å². The summed E-state index contributed by atoms with van der Waals surface area (Å²) in [4.78, 5) is 0. The summed E-state index contributed by atoms with van der Waals surface area (Å²) in [6, 6.07) is 0. The summed E-state index contributed by atoms with van der Waals surface area (Å²) in [5, 5.41) is 0. The molecule has 0 radical (unpaired) electrons. The lowest BCUT2D eigenvalue weighted by atomic mass is 9.39. The molecule has 0 amide bonds. The molecule has 0 rings (SSSR count). The molecule has 0 fully saturated rings. The molecule has 0 aromatic rings. The van der Waals surface area contributed by atoms with Crippen LogP contribution >= 0.6 is 0 Å². The number of rotatable bonds is 60. The number of allylic oxidation sites excluding steroid dienone is 7. The Balaban J connectivity index is 9.05. The molecule has 0 aliphatic heterocycles. The Kier molecular flexibility index (Phi) is 51.6. The summed E-state index contributed by atoms with van der Waals surface area (Å²) in [5.41, 5.74) is 0.396. The topological polar surface area (TPSA) is 0 Å². The van der Waals surface area contributed by atoms with Crippen molar-refractivity contribution in [3.63, 3.8) is 0 Å². The molecule has 0 heterocycles. The van der Waals surface area contributed by atoms with Crippen molar-refractivity contribution < 1.29 is 0 Å². The van der Waals surface area contributed by atoms with E-state index in [1.165, 1.54) is 283 Å². The van der Waals surface area contributed by atoms with E-state index >= 15 is 0 Å². The smallest absolute Gasteiger partial charge is 0.00482 e. The number of unbranched alkanes of at least 4 members (excludes halogenated alkanes) is 11. The van der Waals surface area contributed by atoms with Gasteiger partial charge in [-0.3, -0.25) is 0 Å². The molecule has 0 bridgehead atoms. The molecule has 80 heavy (non-hydrogen) atoms. The van der Waals surface area contributed by atoms with E-state index in [0.717, 1.165) is 54.3 Å². The zero-order valence-corrected chi connectivity index (χ0v) is 58.4. The molecule has 0 aromatic heterocycles. The van der Waals surface area contributed by atoms with Gasteiger partial charge in [-0.05, 0) is 154 Å². The molecule has 0 heteroatoms. The first kappa shape index (κ1) is 79.0. The van der Waals surface area contributed by atoms with E-state index in [0.29, 0.717) is 5.92 Å². The second-order valence-electron chi connectivity index (χ2n) is 28.1. The molecule has 474 valence electrons. The minimum atomic E-state index is 0.118. The van der Waals surface area contributed by atoms with Gasteiger partial charge >= 0.3 is 0 Å². The maximum Gasteiger partial charge on any atom is -0.00482 e. The van der Waals surface area contributed by atoms with Crippen molar-refractivity contribution in [1.29, 1.82) is 0 Å². The highest BCUT2D eigenvalue weighted by Crippen LogP contribution is 2.69. The molecule has 10 atom stereocenters. The molecule has 10 unspecified atom stereocenters. The normalized spacial score (nSPS) is 17.8. The largest absolute Gasteiger partial charge is 0.103 e. The van der Waals surface area contributed by atoms with Gasteiger partial charge in [-0.25, -0.2) is 0 Å². The fourth-order valence-corrected chi connectivity index (χ4v) is 16.9. The van der Waals surface area contributed by atoms with Gasteiger partial charge in [0.05, 0.1) is 0 Å². The molecule has 0 nitrogen and oxygen atoms in total. The lowest BCUT2D eigenvalue weighted by Gasteiger charge is -2.65. The third-order valence-electron chi connectivity index (χ3n) is 21.3. The van der Waals surface area contributed by atoms with E-state index in [9.17, 15) is 0 Å². The summed E-state index contributed by atoms with van der Waals surface area (Å²) >= 11 is 0. The van der Waals surface area contributed by atoms with Crippen LogP contribution in [0.1, 0.15) is 399 Å². The van der Waals surface area contributed by atoms with Crippen LogP contribution < -0.4 is 0 Å². The summed E-state index contributed by atoms with van der Waals surface area (Å²) in [7, 11) is 0. The van der Waals surface area contributed by atoms with Gasteiger partial charge in [0, 0.05) is 0 Å². The molecule has 0 aliphatic carbocycles. The Hall–Kier alpha value is -1.04. The molecule has 0 saturated heterocycles. The first-order valence-corrected chi connectivity index (χ1v) is 37.4. The van der Waals surface area contributed by atoms with Crippen molar-refractivity contribution in [2.75, 3.05) is 0 Å². The van der Waals surface area contributed by atoms with Crippen molar-refractivity contribution in [3.05, 3.63) is 49.1 Å². The monoisotopic (exact) mass is 1120 g/mol. The van der Waals surface area contributed by atoms with Crippen molar-refractivity contribution in [1.82, 2.24) is 0 Å². The Morgan fingerprint density at radius 3 is 1.29 bits per heavy atom. The second-order valence-corrected chi connectivity index (χ2v) is 28.1. The van der Waals surface area contributed by atoms with Gasteiger partial charge in [0.25, 0.3) is 0 Å². The van der Waals surface area contributed by atoms with Gasteiger partial charge in [0.1, 0.15) is 0 Å². The zero-order valence-electron chi connectivity index (χ0n) is 58.4. The van der Waals surface area contributed by atoms with Crippen LogP contribution in [-0.4, -0.2) is 0 Å². The van der Waals surface area contributed by atoms with Crippen LogP contribution in [0.25, 0.3) is 0 Å². The SMILES string of the molecule is C=CCCCC(CC(CCC)CCCCC(CC(CCC)CCCCC)C(C)CCC)C(C)(CCC=CC)C(CC=CCC)(CC(CCC)CCCCC)C(C=CCCC)(CC(CCC)CCCCC)CC(CCC)CCCCC. The minimum Gasteiger partial charge on any atom is -0.103 e. The van der Waals surface area contributed by atoms with Gasteiger partial charge < -0.3 is 0 Å². The standard InChI is InChI=1S/C80H154/c1-17-31-39-55-71(50-26-10)65-76(70(15)49-25-9)60-45-44-56-72(51-27-11)66-77(61-43-35-21-5)78(16,62-46-36-22-6)80(64-48-38-24-8,69-75(54-30-14)59-42-34-20-4)79(63-47-37-23-7,67-73(52-28-12)57-40-32-18-2)68-74(53-29-13)58-41-33-19-3/h21-22,36,38,47-48,63,70-77H,5,17-20,23-35,37,39-46,49-62,64-69H2,1-4,6-16H3. The first-order valence-electron chi connectivity index (χ1n) is 37.4. The van der Waals surface area contributed by atoms with E-state index in [4.69, 9.17) is 0 Å². The van der Waals surface area contributed by atoms with Gasteiger partial charge in [-0.15, -0.1) is 6.58 Å². The third-order valence-corrected chi connectivity index (χ3v) is 21.3. The summed E-state index contributed by atoms with van der Waals surface area (Å²) < 4.78 is 0. The third kappa shape index (κ3) is 31.9. The molecule has 0 aromatic carbocycles. The summed E-state index contributed by atoms with van der Waals surface area (Å²) in [5.74, 6) is 6.49. The quantitative estimate of drug-likeness (QED) is 0.0421. The minimum absolute atomic E-state index is 0.118. The average Bonchev–Trinajstić information content (AvgIpc) is 3.43. The Morgan fingerprint density at radius 2 is 0.838 bits per heavy atom. The van der Waals surface area contributed by atoms with E-state index in [1.54, 1.807) is 0 Å². The Morgan fingerprint density at radius 1 is 0.388 bits per heavy atom. The highest BCUT2D eigenvalue weighted by Gasteiger charge is 2.61. The molecule has 0 aliphatic rings. The Labute approximate surface area is 509 Å². The molecule has 0 N–H and O–H groups in total. The summed E-state index contributed by atoms with van der Waals surface area (Å²) in [6.07, 6.45) is 81.5. The molecular formula is C80H154. The molecular weight excluding hydrogens is 961 g/mol. The van der Waals surface area contributed by atoms with Gasteiger partial charge in [0.15, 0.2) is 0 Å². The predicted octanol–water partition coefficient (Wildman–Crippen LogP) is 29.0. The van der Waals surface area contributed by atoms with Crippen LogP contribution in [0, 0.1) is 63.6 Å². The first-order chi connectivity index (χ1) is 38.9.